The number of hydrogen-bond acceptors (Lipinski definition) is 4. The number of nitrogens with zero attached hydrogens (tertiary/aromatic N) is 3. The quantitative estimate of drug-likeness (QED) is 0.614. The van der Waals surface area contributed by atoms with E-state index in [0.717, 1.165) is 29.8 Å². The maximum atomic E-state index is 10.9. The van der Waals surface area contributed by atoms with Gasteiger partial charge in [-0.1, -0.05) is 28.1 Å². The minimum Gasteiger partial charge on any atom is -0.352 e. The molecular weight excluding hydrogens is 334 g/mol. The van der Waals surface area contributed by atoms with Crippen molar-refractivity contribution in [2.75, 3.05) is 11.4 Å². The molecule has 0 spiro atoms. The van der Waals surface area contributed by atoms with Crippen molar-refractivity contribution in [2.45, 2.75) is 19.9 Å². The number of hydrogen-bond donors (Lipinski definition) is 0. The van der Waals surface area contributed by atoms with Gasteiger partial charge in [0.2, 0.25) is 0 Å². The summed E-state index contributed by atoms with van der Waals surface area (Å²) in [5.74, 6) is 0.791. The Bertz CT molecular complexity index is 718. The van der Waals surface area contributed by atoms with Gasteiger partial charge in [-0.15, -0.1) is 0 Å². The number of pyridine rings is 1. The number of halogens is 1. The van der Waals surface area contributed by atoms with Crippen LogP contribution in [0.15, 0.2) is 34.9 Å². The van der Waals surface area contributed by atoms with Gasteiger partial charge in [-0.3, -0.25) is 10.1 Å². The van der Waals surface area contributed by atoms with Crippen LogP contribution < -0.4 is 4.90 Å². The van der Waals surface area contributed by atoms with E-state index in [9.17, 15) is 10.1 Å². The van der Waals surface area contributed by atoms with E-state index >= 15 is 0 Å². The molecule has 1 aromatic carbocycles. The molecule has 0 N–H and O–H groups in total. The monoisotopic (exact) mass is 347 g/mol. The summed E-state index contributed by atoms with van der Waals surface area (Å²) in [5, 5.41) is 10.9. The first-order valence-electron chi connectivity index (χ1n) is 6.68. The van der Waals surface area contributed by atoms with Crippen molar-refractivity contribution in [3.8, 4) is 0 Å². The Hall–Kier alpha value is -1.95. The molecule has 0 amide bonds. The van der Waals surface area contributed by atoms with Crippen LogP contribution in [0.5, 0.6) is 0 Å². The van der Waals surface area contributed by atoms with Crippen molar-refractivity contribution in [1.82, 2.24) is 4.98 Å². The molecule has 0 saturated carbocycles. The lowest BCUT2D eigenvalue weighted by molar-refractivity contribution is -0.385. The smallest absolute Gasteiger partial charge is 0.290 e. The maximum absolute atomic E-state index is 10.9. The molecule has 0 fully saturated rings. The second kappa shape index (κ2) is 5.44. The van der Waals surface area contributed by atoms with Crippen molar-refractivity contribution in [3.63, 3.8) is 0 Å². The molecule has 0 bridgehead atoms. The van der Waals surface area contributed by atoms with Crippen molar-refractivity contribution in [2.24, 2.45) is 0 Å². The van der Waals surface area contributed by atoms with Crippen molar-refractivity contribution in [1.29, 1.82) is 0 Å². The fraction of sp³-hybridized carbons (Fsp3) is 0.267. The molecule has 1 aliphatic heterocycles. The van der Waals surface area contributed by atoms with Crippen LogP contribution in [0.2, 0.25) is 0 Å². The minimum atomic E-state index is -0.395. The average Bonchev–Trinajstić information content (AvgIpc) is 2.47. The Labute approximate surface area is 130 Å². The van der Waals surface area contributed by atoms with Crippen molar-refractivity contribution < 1.29 is 4.92 Å². The number of nitro groups is 1. The van der Waals surface area contributed by atoms with Gasteiger partial charge in [0.15, 0.2) is 0 Å². The topological polar surface area (TPSA) is 59.3 Å². The van der Waals surface area contributed by atoms with E-state index in [-0.39, 0.29) is 5.69 Å². The normalized spacial score (nSPS) is 13.9. The molecule has 0 unspecified atom stereocenters. The number of rotatable bonds is 2. The molecule has 0 saturated heterocycles. The first kappa shape index (κ1) is 14.0. The zero-order valence-electron chi connectivity index (χ0n) is 11.5. The molecule has 2 heterocycles. The second-order valence-electron chi connectivity index (χ2n) is 5.14. The largest absolute Gasteiger partial charge is 0.352 e. The predicted molar refractivity (Wildman–Crippen MR) is 84.5 cm³/mol. The molecule has 6 heteroatoms. The molecule has 0 atom stereocenters. The highest BCUT2D eigenvalue weighted by molar-refractivity contribution is 9.10. The second-order valence-corrected chi connectivity index (χ2v) is 5.99. The van der Waals surface area contributed by atoms with Gasteiger partial charge in [0, 0.05) is 23.1 Å². The van der Waals surface area contributed by atoms with Crippen LogP contribution in [-0.4, -0.2) is 16.5 Å². The summed E-state index contributed by atoms with van der Waals surface area (Å²) in [6.07, 6.45) is 2.30. The number of aromatic nitrogens is 1. The molecule has 108 valence electrons. The third-order valence-electron chi connectivity index (χ3n) is 3.81. The Morgan fingerprint density at radius 2 is 2.24 bits per heavy atom. The van der Waals surface area contributed by atoms with Gasteiger partial charge in [-0.25, -0.2) is 4.98 Å². The summed E-state index contributed by atoms with van der Waals surface area (Å²) in [7, 11) is 0. The standard InChI is InChI=1S/C15H14BrN3O2/c1-10-7-15(17-8-14(10)19(20)21)18-6-5-11-3-2-4-13(16)12(11)9-18/h2-4,7-8H,5-6,9H2,1H3. The number of benzene rings is 1. The summed E-state index contributed by atoms with van der Waals surface area (Å²) >= 11 is 3.59. The Balaban J connectivity index is 1.91. The van der Waals surface area contributed by atoms with E-state index in [2.05, 4.69) is 31.9 Å². The van der Waals surface area contributed by atoms with Crippen LogP contribution in [0.1, 0.15) is 16.7 Å². The van der Waals surface area contributed by atoms with E-state index in [0.29, 0.717) is 5.56 Å². The fourth-order valence-corrected chi connectivity index (χ4v) is 3.17. The molecule has 21 heavy (non-hydrogen) atoms. The molecule has 1 aromatic heterocycles. The molecule has 5 nitrogen and oxygen atoms in total. The van der Waals surface area contributed by atoms with Crippen molar-refractivity contribution in [3.05, 3.63) is 61.7 Å². The third kappa shape index (κ3) is 2.63. The summed E-state index contributed by atoms with van der Waals surface area (Å²) in [4.78, 5) is 16.9. The average molecular weight is 348 g/mol. The molecule has 3 rings (SSSR count). The summed E-state index contributed by atoms with van der Waals surface area (Å²) in [6.45, 7) is 3.38. The Kier molecular flexibility index (Phi) is 3.63. The predicted octanol–water partition coefficient (Wildman–Crippen LogP) is 3.62. The Morgan fingerprint density at radius 1 is 1.43 bits per heavy atom. The minimum absolute atomic E-state index is 0.0670. The van der Waals surface area contributed by atoms with Crippen LogP contribution in [0.25, 0.3) is 0 Å². The van der Waals surface area contributed by atoms with E-state index < -0.39 is 4.92 Å². The molecule has 0 aliphatic carbocycles. The van der Waals surface area contributed by atoms with E-state index in [1.54, 1.807) is 13.0 Å². The summed E-state index contributed by atoms with van der Waals surface area (Å²) in [5.41, 5.74) is 3.32. The lowest BCUT2D eigenvalue weighted by atomic mass is 10.00. The molecular formula is C15H14BrN3O2. The van der Waals surface area contributed by atoms with Crippen LogP contribution in [-0.2, 0) is 13.0 Å². The van der Waals surface area contributed by atoms with Crippen LogP contribution >= 0.6 is 15.9 Å². The lowest BCUT2D eigenvalue weighted by Crippen LogP contribution is -2.31. The van der Waals surface area contributed by atoms with E-state index in [1.165, 1.54) is 17.3 Å². The van der Waals surface area contributed by atoms with Crippen molar-refractivity contribution >= 4 is 27.4 Å². The number of anilines is 1. The first-order chi connectivity index (χ1) is 10.1. The van der Waals surface area contributed by atoms with Gasteiger partial charge in [0.1, 0.15) is 12.0 Å². The SMILES string of the molecule is Cc1cc(N2CCc3cccc(Br)c3C2)ncc1[N+](=O)[O-]. The zero-order chi connectivity index (χ0) is 15.0. The molecule has 1 aliphatic rings. The number of aryl methyl sites for hydroxylation is 1. The number of fused-ring (bicyclic) bond motifs is 1. The lowest BCUT2D eigenvalue weighted by Gasteiger charge is -2.30. The van der Waals surface area contributed by atoms with Gasteiger partial charge in [0.25, 0.3) is 5.69 Å². The van der Waals surface area contributed by atoms with Gasteiger partial charge in [0.05, 0.1) is 4.92 Å². The first-order valence-corrected chi connectivity index (χ1v) is 7.48. The van der Waals surface area contributed by atoms with Gasteiger partial charge in [-0.05, 0) is 36.6 Å². The van der Waals surface area contributed by atoms with Crippen LogP contribution in [0.4, 0.5) is 11.5 Å². The Morgan fingerprint density at radius 3 is 2.95 bits per heavy atom. The highest BCUT2D eigenvalue weighted by Gasteiger charge is 2.21. The van der Waals surface area contributed by atoms with Gasteiger partial charge >= 0.3 is 0 Å². The summed E-state index contributed by atoms with van der Waals surface area (Å²) in [6, 6.07) is 8.02. The zero-order valence-corrected chi connectivity index (χ0v) is 13.1. The maximum Gasteiger partial charge on any atom is 0.290 e. The van der Waals surface area contributed by atoms with Crippen LogP contribution in [0.3, 0.4) is 0 Å². The van der Waals surface area contributed by atoms with E-state index in [4.69, 9.17) is 0 Å². The van der Waals surface area contributed by atoms with Crippen LogP contribution in [0, 0.1) is 17.0 Å². The van der Waals surface area contributed by atoms with E-state index in [1.807, 2.05) is 12.1 Å². The highest BCUT2D eigenvalue weighted by atomic mass is 79.9. The third-order valence-corrected chi connectivity index (χ3v) is 4.55. The highest BCUT2D eigenvalue weighted by Crippen LogP contribution is 2.30. The molecule has 0 radical (unpaired) electrons. The summed E-state index contributed by atoms with van der Waals surface area (Å²) < 4.78 is 1.10. The molecule has 2 aromatic rings. The fourth-order valence-electron chi connectivity index (χ4n) is 2.63. The van der Waals surface area contributed by atoms with Gasteiger partial charge < -0.3 is 4.90 Å². The van der Waals surface area contributed by atoms with Gasteiger partial charge in [-0.2, -0.15) is 0 Å².